The largest absolute Gasteiger partial charge is 0.446 e. The molecule has 0 aromatic heterocycles. The van der Waals surface area contributed by atoms with Crippen LogP contribution in [0.1, 0.15) is 22.3 Å². The zero-order valence-corrected chi connectivity index (χ0v) is 28.9. The van der Waals surface area contributed by atoms with Crippen LogP contribution in [0.25, 0.3) is 21.5 Å². The number of thioether (sulfide) groups is 1. The highest BCUT2D eigenvalue weighted by Gasteiger charge is 2.45. The molecule has 7 aromatic carbocycles. The number of halogens is 3. The van der Waals surface area contributed by atoms with E-state index in [9.17, 15) is 13.2 Å². The minimum absolute atomic E-state index is 0.0508. The second-order valence-electron chi connectivity index (χ2n) is 13.5. The summed E-state index contributed by atoms with van der Waals surface area (Å²) < 4.78 is 43.0. The molecule has 2 aliphatic rings. The highest BCUT2D eigenvalue weighted by Crippen LogP contribution is 2.50. The SMILES string of the molecule is Cc1ccc(N2c3cc(SC(F)(F)F)cc4c3B(c3ccc5c(C)cccc5c32)c2ccc3c(C)cccc3c2N4c2ccc(C)cc2)cc1. The molecule has 0 amide bonds. The Morgan fingerprint density at radius 3 is 1.38 bits per heavy atom. The number of anilines is 6. The van der Waals surface area contributed by atoms with Crippen molar-refractivity contribution in [2.24, 2.45) is 0 Å². The minimum atomic E-state index is -4.46. The summed E-state index contributed by atoms with van der Waals surface area (Å²) in [5, 5.41) is 4.39. The van der Waals surface area contributed by atoms with Gasteiger partial charge in [-0.3, -0.25) is 0 Å². The van der Waals surface area contributed by atoms with E-state index in [1.807, 2.05) is 13.8 Å². The molecule has 7 aromatic rings. The molecular formula is C43H32BF3N2S. The van der Waals surface area contributed by atoms with Gasteiger partial charge in [0.15, 0.2) is 0 Å². The Kier molecular flexibility index (Phi) is 6.91. The highest BCUT2D eigenvalue weighted by atomic mass is 32.2. The molecule has 0 fully saturated rings. The van der Waals surface area contributed by atoms with E-state index < -0.39 is 5.51 Å². The Morgan fingerprint density at radius 2 is 0.960 bits per heavy atom. The standard InChI is InChI=1S/C43H32BF3N2S/c1-25-11-15-29(16-12-25)48-38-23-31(50-43(45,46)47)24-39-40(38)44(36-21-19-32-27(3)7-5-9-34(32)41(36)48)37-22-20-33-28(4)8-6-10-35(33)42(37)49(39)30-17-13-26(2)14-18-30/h5-24H,1-4H3. The third kappa shape index (κ3) is 4.74. The first-order chi connectivity index (χ1) is 24.1. The molecule has 2 nitrogen and oxygen atoms in total. The number of fused-ring (bicyclic) bond motifs is 8. The lowest BCUT2D eigenvalue weighted by atomic mass is 9.33. The molecule has 50 heavy (non-hydrogen) atoms. The van der Waals surface area contributed by atoms with Crippen LogP contribution >= 0.6 is 11.8 Å². The van der Waals surface area contributed by atoms with E-state index in [0.717, 1.165) is 94.3 Å². The number of benzene rings is 7. The molecule has 0 unspecified atom stereocenters. The summed E-state index contributed by atoms with van der Waals surface area (Å²) in [6.07, 6.45) is 0. The fourth-order valence-electron chi connectivity index (χ4n) is 8.10. The van der Waals surface area contributed by atoms with E-state index in [2.05, 4.69) is 133 Å². The Bertz CT molecular complexity index is 2340. The minimum Gasteiger partial charge on any atom is -0.311 e. The molecule has 9 rings (SSSR count). The average Bonchev–Trinajstić information content (AvgIpc) is 3.08. The number of rotatable bonds is 3. The predicted molar refractivity (Wildman–Crippen MR) is 206 cm³/mol. The van der Waals surface area contributed by atoms with Crippen LogP contribution in [-0.4, -0.2) is 12.2 Å². The van der Waals surface area contributed by atoms with E-state index in [4.69, 9.17) is 0 Å². The lowest BCUT2D eigenvalue weighted by Crippen LogP contribution is -2.61. The van der Waals surface area contributed by atoms with Crippen LogP contribution in [0, 0.1) is 27.7 Å². The average molecular weight is 677 g/mol. The van der Waals surface area contributed by atoms with Gasteiger partial charge in [0, 0.05) is 49.8 Å². The van der Waals surface area contributed by atoms with Crippen LogP contribution < -0.4 is 26.2 Å². The molecule has 0 N–H and O–H groups in total. The van der Waals surface area contributed by atoms with Crippen molar-refractivity contribution in [3.05, 3.63) is 144 Å². The van der Waals surface area contributed by atoms with Crippen molar-refractivity contribution >= 4 is 90.5 Å². The van der Waals surface area contributed by atoms with Gasteiger partial charge in [-0.05, 0) is 114 Å². The van der Waals surface area contributed by atoms with Gasteiger partial charge in [-0.25, -0.2) is 0 Å². The Hall–Kier alpha value is -5.14. The maximum atomic E-state index is 14.3. The van der Waals surface area contributed by atoms with Gasteiger partial charge in [0.1, 0.15) is 0 Å². The summed E-state index contributed by atoms with van der Waals surface area (Å²) >= 11 is -0.0508. The van der Waals surface area contributed by atoms with Gasteiger partial charge in [0.2, 0.25) is 0 Å². The topological polar surface area (TPSA) is 6.48 Å². The van der Waals surface area contributed by atoms with Crippen molar-refractivity contribution in [3.63, 3.8) is 0 Å². The number of aryl methyl sites for hydroxylation is 4. The smallest absolute Gasteiger partial charge is 0.311 e. The monoisotopic (exact) mass is 676 g/mol. The van der Waals surface area contributed by atoms with Crippen molar-refractivity contribution in [1.29, 1.82) is 0 Å². The Labute approximate surface area is 294 Å². The van der Waals surface area contributed by atoms with E-state index in [0.29, 0.717) is 0 Å². The quantitative estimate of drug-likeness (QED) is 0.136. The highest BCUT2D eigenvalue weighted by molar-refractivity contribution is 8.00. The van der Waals surface area contributed by atoms with Gasteiger partial charge >= 0.3 is 5.51 Å². The normalized spacial score (nSPS) is 13.5. The summed E-state index contributed by atoms with van der Waals surface area (Å²) in [6.45, 7) is 8.11. The first-order valence-corrected chi connectivity index (χ1v) is 17.6. The van der Waals surface area contributed by atoms with Gasteiger partial charge in [0.05, 0.1) is 0 Å². The Balaban J connectivity index is 1.47. The van der Waals surface area contributed by atoms with E-state index in [1.54, 1.807) is 12.1 Å². The van der Waals surface area contributed by atoms with Crippen molar-refractivity contribution in [3.8, 4) is 0 Å². The molecule has 244 valence electrons. The summed E-state index contributed by atoms with van der Waals surface area (Å²) in [5.74, 6) is 0. The molecule has 2 heterocycles. The zero-order chi connectivity index (χ0) is 34.5. The zero-order valence-electron chi connectivity index (χ0n) is 28.1. The third-order valence-electron chi connectivity index (χ3n) is 10.3. The van der Waals surface area contributed by atoms with Crippen LogP contribution in [-0.2, 0) is 0 Å². The maximum Gasteiger partial charge on any atom is 0.446 e. The van der Waals surface area contributed by atoms with Crippen LogP contribution in [0.5, 0.6) is 0 Å². The molecule has 0 saturated carbocycles. The van der Waals surface area contributed by atoms with Crippen molar-refractivity contribution in [1.82, 2.24) is 0 Å². The number of nitrogens with zero attached hydrogens (tertiary/aromatic N) is 2. The lowest BCUT2D eigenvalue weighted by Gasteiger charge is -2.45. The Morgan fingerprint density at radius 1 is 0.520 bits per heavy atom. The van der Waals surface area contributed by atoms with Crippen LogP contribution in [0.4, 0.5) is 47.3 Å². The summed E-state index contributed by atoms with van der Waals surface area (Å²) in [4.78, 5) is 4.56. The van der Waals surface area contributed by atoms with Crippen molar-refractivity contribution in [2.75, 3.05) is 9.80 Å². The fraction of sp³-hybridized carbons (Fsp3) is 0.116. The molecule has 0 radical (unpaired) electrons. The van der Waals surface area contributed by atoms with Gasteiger partial charge in [-0.15, -0.1) is 0 Å². The number of hydrogen-bond donors (Lipinski definition) is 0. The van der Waals surface area contributed by atoms with Gasteiger partial charge in [-0.1, -0.05) is 96.1 Å². The molecule has 0 aliphatic carbocycles. The summed E-state index contributed by atoms with van der Waals surface area (Å²) in [6, 6.07) is 41.7. The van der Waals surface area contributed by atoms with Crippen molar-refractivity contribution in [2.45, 2.75) is 38.1 Å². The van der Waals surface area contributed by atoms with E-state index in [-0.39, 0.29) is 23.4 Å². The van der Waals surface area contributed by atoms with Crippen LogP contribution in [0.15, 0.2) is 126 Å². The summed E-state index contributed by atoms with van der Waals surface area (Å²) in [5.41, 5.74) is 8.67. The molecule has 2 aliphatic heterocycles. The first kappa shape index (κ1) is 30.9. The lowest BCUT2D eigenvalue weighted by molar-refractivity contribution is -0.0328. The maximum absolute atomic E-state index is 14.3. The van der Waals surface area contributed by atoms with Gasteiger partial charge in [0.25, 0.3) is 6.71 Å². The number of hydrogen-bond acceptors (Lipinski definition) is 3. The predicted octanol–water partition coefficient (Wildman–Crippen LogP) is 10.9. The van der Waals surface area contributed by atoms with E-state index in [1.165, 1.54) is 0 Å². The second kappa shape index (κ2) is 11.2. The van der Waals surface area contributed by atoms with Gasteiger partial charge in [-0.2, -0.15) is 13.2 Å². The fourth-order valence-corrected chi connectivity index (χ4v) is 8.70. The van der Waals surface area contributed by atoms with Crippen molar-refractivity contribution < 1.29 is 13.2 Å². The van der Waals surface area contributed by atoms with Crippen LogP contribution in [0.3, 0.4) is 0 Å². The van der Waals surface area contributed by atoms with Crippen LogP contribution in [0.2, 0.25) is 0 Å². The number of alkyl halides is 3. The molecule has 0 atom stereocenters. The summed E-state index contributed by atoms with van der Waals surface area (Å²) in [7, 11) is 0. The third-order valence-corrected chi connectivity index (χ3v) is 11.0. The van der Waals surface area contributed by atoms with E-state index >= 15 is 0 Å². The first-order valence-electron chi connectivity index (χ1n) is 16.8. The molecule has 0 spiro atoms. The second-order valence-corrected chi connectivity index (χ2v) is 14.7. The molecule has 0 bridgehead atoms. The molecule has 7 heteroatoms. The molecule has 0 saturated heterocycles. The molecular weight excluding hydrogens is 644 g/mol. The van der Waals surface area contributed by atoms with Gasteiger partial charge < -0.3 is 9.80 Å².